The van der Waals surface area contributed by atoms with Gasteiger partial charge in [-0.15, -0.1) is 0 Å². The van der Waals surface area contributed by atoms with E-state index in [1.165, 1.54) is 16.7 Å². The second kappa shape index (κ2) is 4.76. The number of rotatable bonds is 3. The number of hydrogen-bond donors (Lipinski definition) is 2. The number of hydrogen-bond acceptors (Lipinski definition) is 2. The number of nitrogens with one attached hydrogen (secondary N) is 2. The van der Waals surface area contributed by atoms with E-state index in [2.05, 4.69) is 65.8 Å². The normalized spacial score (nSPS) is 10.8. The maximum atomic E-state index is 4.03. The van der Waals surface area contributed by atoms with Crippen molar-refractivity contribution in [1.29, 1.82) is 0 Å². The highest BCUT2D eigenvalue weighted by molar-refractivity contribution is 5.81. The molecule has 0 unspecified atom stereocenters. The monoisotopic (exact) mass is 251 g/mol. The second-order valence-corrected chi connectivity index (χ2v) is 4.96. The van der Waals surface area contributed by atoms with E-state index in [0.29, 0.717) is 0 Å². The van der Waals surface area contributed by atoms with Gasteiger partial charge in [-0.2, -0.15) is 5.10 Å². The van der Waals surface area contributed by atoms with E-state index < -0.39 is 0 Å². The van der Waals surface area contributed by atoms with Gasteiger partial charge in [0.1, 0.15) is 0 Å². The fourth-order valence-electron chi connectivity index (χ4n) is 2.23. The highest BCUT2D eigenvalue weighted by atomic mass is 15.1. The number of anilines is 1. The molecule has 0 atom stereocenters. The molecule has 2 aromatic carbocycles. The summed E-state index contributed by atoms with van der Waals surface area (Å²) in [6.07, 6.45) is 1.84. The Morgan fingerprint density at radius 2 is 2.00 bits per heavy atom. The van der Waals surface area contributed by atoms with E-state index in [0.717, 1.165) is 23.1 Å². The Kier molecular flexibility index (Phi) is 2.95. The third kappa shape index (κ3) is 2.45. The molecule has 96 valence electrons. The summed E-state index contributed by atoms with van der Waals surface area (Å²) in [4.78, 5) is 0. The van der Waals surface area contributed by atoms with Gasteiger partial charge in [0.2, 0.25) is 0 Å². The number of aromatic amines is 1. The van der Waals surface area contributed by atoms with Gasteiger partial charge in [0.05, 0.1) is 11.7 Å². The molecule has 0 spiro atoms. The number of fused-ring (bicyclic) bond motifs is 1. The lowest BCUT2D eigenvalue weighted by Crippen LogP contribution is -2.01. The maximum Gasteiger partial charge on any atom is 0.0670 e. The molecule has 1 aromatic heterocycles. The Hall–Kier alpha value is -2.29. The van der Waals surface area contributed by atoms with Crippen LogP contribution in [0.2, 0.25) is 0 Å². The van der Waals surface area contributed by atoms with Crippen LogP contribution in [-0.4, -0.2) is 10.2 Å². The van der Waals surface area contributed by atoms with Gasteiger partial charge in [-0.3, -0.25) is 5.10 Å². The van der Waals surface area contributed by atoms with Crippen molar-refractivity contribution in [1.82, 2.24) is 10.2 Å². The van der Waals surface area contributed by atoms with Crippen LogP contribution in [-0.2, 0) is 6.54 Å². The van der Waals surface area contributed by atoms with E-state index in [9.17, 15) is 0 Å². The van der Waals surface area contributed by atoms with Crippen molar-refractivity contribution < 1.29 is 0 Å². The van der Waals surface area contributed by atoms with Crippen LogP contribution in [0.4, 0.5) is 5.69 Å². The average Bonchev–Trinajstić information content (AvgIpc) is 2.87. The Balaban J connectivity index is 1.79. The van der Waals surface area contributed by atoms with Gasteiger partial charge in [0, 0.05) is 17.6 Å². The summed E-state index contributed by atoms with van der Waals surface area (Å²) in [5.41, 5.74) is 6.13. The van der Waals surface area contributed by atoms with Crippen molar-refractivity contribution in [3.63, 3.8) is 0 Å². The number of benzene rings is 2. The van der Waals surface area contributed by atoms with Crippen LogP contribution in [0.25, 0.3) is 10.9 Å². The first-order valence-corrected chi connectivity index (χ1v) is 6.45. The van der Waals surface area contributed by atoms with Crippen molar-refractivity contribution in [3.8, 4) is 0 Å². The highest BCUT2D eigenvalue weighted by Crippen LogP contribution is 2.18. The molecule has 3 rings (SSSR count). The Labute approximate surface area is 112 Å². The van der Waals surface area contributed by atoms with E-state index >= 15 is 0 Å². The number of aromatic nitrogens is 2. The largest absolute Gasteiger partial charge is 0.381 e. The van der Waals surface area contributed by atoms with Gasteiger partial charge in [-0.25, -0.2) is 0 Å². The van der Waals surface area contributed by atoms with Gasteiger partial charge < -0.3 is 5.32 Å². The minimum atomic E-state index is 0.840. The van der Waals surface area contributed by atoms with Crippen molar-refractivity contribution in [2.24, 2.45) is 0 Å². The Morgan fingerprint density at radius 1 is 1.11 bits per heavy atom. The lowest BCUT2D eigenvalue weighted by atomic mass is 10.1. The summed E-state index contributed by atoms with van der Waals surface area (Å²) in [7, 11) is 0. The summed E-state index contributed by atoms with van der Waals surface area (Å²) in [6.45, 7) is 5.11. The molecule has 0 saturated heterocycles. The van der Waals surface area contributed by atoms with Gasteiger partial charge in [-0.1, -0.05) is 23.8 Å². The predicted molar refractivity (Wildman–Crippen MR) is 79.3 cm³/mol. The minimum Gasteiger partial charge on any atom is -0.381 e. The average molecular weight is 251 g/mol. The van der Waals surface area contributed by atoms with Crippen LogP contribution in [0.3, 0.4) is 0 Å². The van der Waals surface area contributed by atoms with Crippen LogP contribution in [0.15, 0.2) is 42.6 Å². The van der Waals surface area contributed by atoms with Gasteiger partial charge >= 0.3 is 0 Å². The predicted octanol–water partition coefficient (Wildman–Crippen LogP) is 3.79. The zero-order valence-electron chi connectivity index (χ0n) is 11.2. The fourth-order valence-corrected chi connectivity index (χ4v) is 2.23. The Morgan fingerprint density at radius 3 is 2.89 bits per heavy atom. The summed E-state index contributed by atoms with van der Waals surface area (Å²) in [6, 6.07) is 12.8. The van der Waals surface area contributed by atoms with Crippen LogP contribution < -0.4 is 5.32 Å². The molecule has 0 amide bonds. The van der Waals surface area contributed by atoms with E-state index in [1.54, 1.807) is 0 Å². The lowest BCUT2D eigenvalue weighted by molar-refractivity contribution is 1.11. The number of aryl methyl sites for hydroxylation is 2. The summed E-state index contributed by atoms with van der Waals surface area (Å²) >= 11 is 0. The maximum absolute atomic E-state index is 4.03. The van der Waals surface area contributed by atoms with Crippen molar-refractivity contribution >= 4 is 16.6 Å². The third-order valence-electron chi connectivity index (χ3n) is 3.43. The molecule has 19 heavy (non-hydrogen) atoms. The second-order valence-electron chi connectivity index (χ2n) is 4.96. The Bertz CT molecular complexity index is 713. The lowest BCUT2D eigenvalue weighted by Gasteiger charge is -2.10. The molecule has 3 heteroatoms. The quantitative estimate of drug-likeness (QED) is 0.743. The molecule has 0 aliphatic rings. The van der Waals surface area contributed by atoms with Crippen LogP contribution >= 0.6 is 0 Å². The molecule has 1 heterocycles. The zero-order chi connectivity index (χ0) is 13.2. The molecule has 0 bridgehead atoms. The summed E-state index contributed by atoms with van der Waals surface area (Å²) in [5, 5.41) is 11.6. The third-order valence-corrected chi connectivity index (χ3v) is 3.43. The van der Waals surface area contributed by atoms with E-state index in [1.807, 2.05) is 6.20 Å². The number of H-pyrrole nitrogens is 1. The van der Waals surface area contributed by atoms with Crippen molar-refractivity contribution in [2.75, 3.05) is 5.32 Å². The molecule has 0 saturated carbocycles. The molecular weight excluding hydrogens is 234 g/mol. The SMILES string of the molecule is Cc1ccc(C)c(CNc2ccc3cn[nH]c3c2)c1. The first-order valence-electron chi connectivity index (χ1n) is 6.45. The zero-order valence-corrected chi connectivity index (χ0v) is 11.2. The molecule has 0 radical (unpaired) electrons. The molecule has 3 aromatic rings. The van der Waals surface area contributed by atoms with Crippen molar-refractivity contribution in [3.05, 3.63) is 59.3 Å². The first-order chi connectivity index (χ1) is 9.22. The summed E-state index contributed by atoms with van der Waals surface area (Å²) in [5.74, 6) is 0. The van der Waals surface area contributed by atoms with Crippen LogP contribution in [0, 0.1) is 13.8 Å². The van der Waals surface area contributed by atoms with Gasteiger partial charge in [0.15, 0.2) is 0 Å². The molecular formula is C16H17N3. The van der Waals surface area contributed by atoms with E-state index in [4.69, 9.17) is 0 Å². The van der Waals surface area contributed by atoms with E-state index in [-0.39, 0.29) is 0 Å². The highest BCUT2D eigenvalue weighted by Gasteiger charge is 2.01. The van der Waals surface area contributed by atoms with Gasteiger partial charge in [-0.05, 0) is 43.2 Å². The molecule has 3 nitrogen and oxygen atoms in total. The fraction of sp³-hybridized carbons (Fsp3) is 0.188. The van der Waals surface area contributed by atoms with Crippen molar-refractivity contribution in [2.45, 2.75) is 20.4 Å². The smallest absolute Gasteiger partial charge is 0.0670 e. The number of nitrogens with zero attached hydrogens (tertiary/aromatic N) is 1. The van der Waals surface area contributed by atoms with Crippen LogP contribution in [0.5, 0.6) is 0 Å². The minimum absolute atomic E-state index is 0.840. The first kappa shape index (κ1) is 11.8. The molecule has 0 aliphatic carbocycles. The standard InChI is InChI=1S/C16H17N3/c1-11-3-4-12(2)14(7-11)9-17-15-6-5-13-10-18-19-16(13)8-15/h3-8,10,17H,9H2,1-2H3,(H,18,19). The molecule has 2 N–H and O–H groups in total. The molecule has 0 aliphatic heterocycles. The van der Waals surface area contributed by atoms with Gasteiger partial charge in [0.25, 0.3) is 0 Å². The summed E-state index contributed by atoms with van der Waals surface area (Å²) < 4.78 is 0. The topological polar surface area (TPSA) is 40.7 Å². The van der Waals surface area contributed by atoms with Crippen LogP contribution in [0.1, 0.15) is 16.7 Å². The molecule has 0 fully saturated rings.